The van der Waals surface area contributed by atoms with Gasteiger partial charge < -0.3 is 5.32 Å². The third-order valence-electron chi connectivity index (χ3n) is 1.99. The summed E-state index contributed by atoms with van der Waals surface area (Å²) in [5, 5.41) is 5.30. The van der Waals surface area contributed by atoms with Crippen molar-refractivity contribution in [1.29, 1.82) is 0 Å². The minimum atomic E-state index is -0.537. The standard InChI is InChI=1S/C11H12Cl2N2O2/c12-7-10(16)15-11(17)14-6-5-8-1-3-9(13)4-2-8/h1-4H,5-7H2,(H2,14,15,16,17). The number of nitrogens with one attached hydrogen (secondary N) is 2. The smallest absolute Gasteiger partial charge is 0.321 e. The Hall–Kier alpha value is -1.26. The van der Waals surface area contributed by atoms with Crippen LogP contribution in [0, 0.1) is 0 Å². The van der Waals surface area contributed by atoms with Crippen LogP contribution in [-0.4, -0.2) is 24.4 Å². The summed E-state index contributed by atoms with van der Waals surface area (Å²) < 4.78 is 0. The van der Waals surface area contributed by atoms with E-state index in [0.717, 1.165) is 5.56 Å². The molecule has 0 saturated heterocycles. The first-order valence-electron chi connectivity index (χ1n) is 5.00. The van der Waals surface area contributed by atoms with E-state index in [1.54, 1.807) is 12.1 Å². The van der Waals surface area contributed by atoms with Gasteiger partial charge in [0.1, 0.15) is 5.88 Å². The van der Waals surface area contributed by atoms with Crippen molar-refractivity contribution >= 4 is 35.1 Å². The molecule has 0 aliphatic rings. The first-order valence-corrected chi connectivity index (χ1v) is 5.91. The van der Waals surface area contributed by atoms with Crippen molar-refractivity contribution in [2.75, 3.05) is 12.4 Å². The van der Waals surface area contributed by atoms with Gasteiger partial charge in [-0.1, -0.05) is 23.7 Å². The van der Waals surface area contributed by atoms with Crippen molar-refractivity contribution < 1.29 is 9.59 Å². The van der Waals surface area contributed by atoms with Gasteiger partial charge in [-0.2, -0.15) is 0 Å². The molecule has 0 heterocycles. The Kier molecular flexibility index (Phi) is 5.80. The number of amides is 3. The summed E-state index contributed by atoms with van der Waals surface area (Å²) in [7, 11) is 0. The predicted molar refractivity (Wildman–Crippen MR) is 67.4 cm³/mol. The molecule has 1 aromatic rings. The third kappa shape index (κ3) is 5.56. The molecular formula is C11H12Cl2N2O2. The van der Waals surface area contributed by atoms with E-state index in [9.17, 15) is 9.59 Å². The minimum Gasteiger partial charge on any atom is -0.337 e. The van der Waals surface area contributed by atoms with Gasteiger partial charge in [0.15, 0.2) is 0 Å². The summed E-state index contributed by atoms with van der Waals surface area (Å²) in [4.78, 5) is 21.9. The van der Waals surface area contributed by atoms with E-state index in [1.165, 1.54) is 0 Å². The second kappa shape index (κ2) is 7.14. The fourth-order valence-electron chi connectivity index (χ4n) is 1.18. The van der Waals surface area contributed by atoms with Crippen LogP contribution in [-0.2, 0) is 11.2 Å². The lowest BCUT2D eigenvalue weighted by Crippen LogP contribution is -2.40. The van der Waals surface area contributed by atoms with Gasteiger partial charge >= 0.3 is 6.03 Å². The van der Waals surface area contributed by atoms with Gasteiger partial charge in [-0.25, -0.2) is 4.79 Å². The molecule has 1 aromatic carbocycles. The van der Waals surface area contributed by atoms with Crippen LogP contribution in [0.1, 0.15) is 5.56 Å². The minimum absolute atomic E-state index is 0.232. The topological polar surface area (TPSA) is 58.2 Å². The second-order valence-electron chi connectivity index (χ2n) is 3.31. The maximum Gasteiger partial charge on any atom is 0.321 e. The molecule has 92 valence electrons. The van der Waals surface area contributed by atoms with E-state index in [0.29, 0.717) is 18.0 Å². The summed E-state index contributed by atoms with van der Waals surface area (Å²) in [5.74, 6) is -0.749. The molecule has 0 aliphatic heterocycles. The lowest BCUT2D eigenvalue weighted by molar-refractivity contribution is -0.117. The third-order valence-corrected chi connectivity index (χ3v) is 2.48. The predicted octanol–water partition coefficient (Wildman–Crippen LogP) is 1.95. The van der Waals surface area contributed by atoms with E-state index in [-0.39, 0.29) is 5.88 Å². The number of hydrogen-bond acceptors (Lipinski definition) is 2. The van der Waals surface area contributed by atoms with Crippen LogP contribution in [0.25, 0.3) is 0 Å². The lowest BCUT2D eigenvalue weighted by atomic mass is 10.1. The van der Waals surface area contributed by atoms with E-state index in [1.807, 2.05) is 12.1 Å². The Morgan fingerprint density at radius 3 is 2.41 bits per heavy atom. The molecular weight excluding hydrogens is 263 g/mol. The van der Waals surface area contributed by atoms with Crippen LogP contribution < -0.4 is 10.6 Å². The van der Waals surface area contributed by atoms with Crippen molar-refractivity contribution in [2.24, 2.45) is 0 Å². The molecule has 0 saturated carbocycles. The zero-order chi connectivity index (χ0) is 12.7. The number of hydrogen-bond donors (Lipinski definition) is 2. The Morgan fingerprint density at radius 2 is 1.82 bits per heavy atom. The van der Waals surface area contributed by atoms with Crippen LogP contribution in [0.3, 0.4) is 0 Å². The van der Waals surface area contributed by atoms with Gasteiger partial charge in [0, 0.05) is 11.6 Å². The average Bonchev–Trinajstić information content (AvgIpc) is 2.31. The van der Waals surface area contributed by atoms with E-state index in [2.05, 4.69) is 10.6 Å². The molecule has 0 radical (unpaired) electrons. The van der Waals surface area contributed by atoms with Gasteiger partial charge in [-0.15, -0.1) is 11.6 Å². The van der Waals surface area contributed by atoms with Crippen LogP contribution in [0.15, 0.2) is 24.3 Å². The molecule has 2 N–H and O–H groups in total. The Balaban J connectivity index is 2.26. The summed E-state index contributed by atoms with van der Waals surface area (Å²) >= 11 is 11.0. The fraction of sp³-hybridized carbons (Fsp3) is 0.273. The number of imide groups is 1. The van der Waals surface area contributed by atoms with E-state index in [4.69, 9.17) is 23.2 Å². The number of carbonyl (C=O) groups excluding carboxylic acids is 2. The quantitative estimate of drug-likeness (QED) is 0.825. The van der Waals surface area contributed by atoms with Crippen molar-refractivity contribution in [2.45, 2.75) is 6.42 Å². The van der Waals surface area contributed by atoms with Crippen LogP contribution in [0.2, 0.25) is 5.02 Å². The lowest BCUT2D eigenvalue weighted by Gasteiger charge is -2.05. The molecule has 0 aliphatic carbocycles. The number of benzene rings is 1. The Morgan fingerprint density at radius 1 is 1.18 bits per heavy atom. The normalized spacial score (nSPS) is 9.76. The van der Waals surface area contributed by atoms with Gasteiger partial charge in [-0.05, 0) is 24.1 Å². The van der Waals surface area contributed by atoms with Crippen molar-refractivity contribution in [3.63, 3.8) is 0 Å². The number of rotatable bonds is 4. The molecule has 0 spiro atoms. The summed E-state index contributed by atoms with van der Waals surface area (Å²) in [6.07, 6.45) is 0.666. The molecule has 0 atom stereocenters. The van der Waals surface area contributed by atoms with Crippen LogP contribution in [0.5, 0.6) is 0 Å². The van der Waals surface area contributed by atoms with Gasteiger partial charge in [0.2, 0.25) is 5.91 Å². The molecule has 0 aromatic heterocycles. The zero-order valence-electron chi connectivity index (χ0n) is 9.00. The van der Waals surface area contributed by atoms with Crippen molar-refractivity contribution in [1.82, 2.24) is 10.6 Å². The summed E-state index contributed by atoms with van der Waals surface area (Å²) in [6.45, 7) is 0.434. The molecule has 4 nitrogen and oxygen atoms in total. The fourth-order valence-corrected chi connectivity index (χ4v) is 1.37. The summed E-state index contributed by atoms with van der Waals surface area (Å²) in [5.41, 5.74) is 1.05. The maximum atomic E-state index is 11.1. The van der Waals surface area contributed by atoms with Crippen molar-refractivity contribution in [3.8, 4) is 0 Å². The maximum absolute atomic E-state index is 11.1. The van der Waals surface area contributed by atoms with Gasteiger partial charge in [-0.3, -0.25) is 10.1 Å². The number of halogens is 2. The highest BCUT2D eigenvalue weighted by Gasteiger charge is 2.04. The first-order chi connectivity index (χ1) is 8.11. The molecule has 0 bridgehead atoms. The van der Waals surface area contributed by atoms with E-state index >= 15 is 0 Å². The second-order valence-corrected chi connectivity index (χ2v) is 4.02. The monoisotopic (exact) mass is 274 g/mol. The zero-order valence-corrected chi connectivity index (χ0v) is 10.5. The molecule has 0 fully saturated rings. The number of carbonyl (C=O) groups is 2. The van der Waals surface area contributed by atoms with Crippen LogP contribution >= 0.6 is 23.2 Å². The molecule has 3 amide bonds. The highest BCUT2D eigenvalue weighted by Crippen LogP contribution is 2.09. The number of urea groups is 1. The highest BCUT2D eigenvalue weighted by molar-refractivity contribution is 6.30. The Labute approximate surface area is 109 Å². The first kappa shape index (κ1) is 13.8. The van der Waals surface area contributed by atoms with E-state index < -0.39 is 11.9 Å². The molecule has 17 heavy (non-hydrogen) atoms. The van der Waals surface area contributed by atoms with Gasteiger partial charge in [0.05, 0.1) is 0 Å². The van der Waals surface area contributed by atoms with Gasteiger partial charge in [0.25, 0.3) is 0 Å². The molecule has 1 rings (SSSR count). The SMILES string of the molecule is O=C(CCl)NC(=O)NCCc1ccc(Cl)cc1. The Bertz CT molecular complexity index is 393. The highest BCUT2D eigenvalue weighted by atomic mass is 35.5. The molecule has 6 heteroatoms. The average molecular weight is 275 g/mol. The van der Waals surface area contributed by atoms with Crippen molar-refractivity contribution in [3.05, 3.63) is 34.9 Å². The largest absolute Gasteiger partial charge is 0.337 e. The molecule has 0 unspecified atom stereocenters. The van der Waals surface area contributed by atoms with Crippen LogP contribution in [0.4, 0.5) is 4.79 Å². The number of alkyl halides is 1. The summed E-state index contributed by atoms with van der Waals surface area (Å²) in [6, 6.07) is 6.80.